The number of anilines is 2. The van der Waals surface area contributed by atoms with E-state index in [1.165, 1.54) is 12.8 Å². The monoisotopic (exact) mass is 377 g/mol. The van der Waals surface area contributed by atoms with Crippen molar-refractivity contribution in [2.75, 3.05) is 18.4 Å². The van der Waals surface area contributed by atoms with Gasteiger partial charge >= 0.3 is 0 Å². The van der Waals surface area contributed by atoms with Gasteiger partial charge in [0, 0.05) is 30.8 Å². The largest absolute Gasteiger partial charge is 0.360 e. The quantitative estimate of drug-likeness (QED) is 0.733. The maximum Gasteiger partial charge on any atom is 0.272 e. The summed E-state index contributed by atoms with van der Waals surface area (Å²) in [6.45, 7) is 3.37. The molecule has 4 rings (SSSR count). The van der Waals surface area contributed by atoms with E-state index in [-0.39, 0.29) is 5.91 Å². The lowest BCUT2D eigenvalue weighted by Gasteiger charge is -2.20. The van der Waals surface area contributed by atoms with E-state index in [0.717, 1.165) is 31.5 Å². The fourth-order valence-electron chi connectivity index (χ4n) is 3.33. The number of likely N-dealkylation sites (tertiary alicyclic amines) is 1. The van der Waals surface area contributed by atoms with E-state index in [9.17, 15) is 4.79 Å². The van der Waals surface area contributed by atoms with Gasteiger partial charge in [-0.05, 0) is 19.8 Å². The summed E-state index contributed by atoms with van der Waals surface area (Å²) >= 11 is 0. The molecule has 1 amide bonds. The van der Waals surface area contributed by atoms with Gasteiger partial charge in [-0.1, -0.05) is 48.3 Å². The number of nitrogens with zero attached hydrogens (tertiary/aromatic N) is 4. The molecule has 0 spiro atoms. The lowest BCUT2D eigenvalue weighted by atomic mass is 10.2. The second-order valence-corrected chi connectivity index (χ2v) is 6.98. The number of hydrogen-bond acceptors (Lipinski definition) is 6. The molecule has 1 N–H and O–H groups in total. The number of aromatic nitrogens is 3. The highest BCUT2D eigenvalue weighted by Crippen LogP contribution is 2.22. The van der Waals surface area contributed by atoms with Crippen LogP contribution >= 0.6 is 0 Å². The SMILES string of the molecule is Cc1cc(Nc2cc(C(=O)N3CCCCCC3)nc(-c3ccccc3)n2)no1. The van der Waals surface area contributed by atoms with E-state index in [1.54, 1.807) is 12.1 Å². The van der Waals surface area contributed by atoms with Crippen LogP contribution < -0.4 is 5.32 Å². The van der Waals surface area contributed by atoms with Crippen molar-refractivity contribution >= 4 is 17.5 Å². The molecule has 2 aromatic heterocycles. The van der Waals surface area contributed by atoms with Crippen LogP contribution in [0.15, 0.2) is 47.0 Å². The summed E-state index contributed by atoms with van der Waals surface area (Å²) < 4.78 is 5.11. The zero-order valence-electron chi connectivity index (χ0n) is 15.9. The lowest BCUT2D eigenvalue weighted by molar-refractivity contribution is 0.0756. The van der Waals surface area contributed by atoms with E-state index in [2.05, 4.69) is 20.4 Å². The molecule has 1 aliphatic rings. The number of amides is 1. The predicted octanol–water partition coefficient (Wildman–Crippen LogP) is 4.20. The molecule has 0 atom stereocenters. The van der Waals surface area contributed by atoms with Crippen molar-refractivity contribution in [2.24, 2.45) is 0 Å². The van der Waals surface area contributed by atoms with Crippen LogP contribution in [-0.2, 0) is 0 Å². The molecule has 0 unspecified atom stereocenters. The molecule has 28 heavy (non-hydrogen) atoms. The van der Waals surface area contributed by atoms with Gasteiger partial charge in [0.05, 0.1) is 0 Å². The Morgan fingerprint density at radius 3 is 2.43 bits per heavy atom. The molecular weight excluding hydrogens is 354 g/mol. The summed E-state index contributed by atoms with van der Waals surface area (Å²) in [5.41, 5.74) is 1.24. The van der Waals surface area contributed by atoms with Crippen molar-refractivity contribution in [1.82, 2.24) is 20.0 Å². The molecule has 7 heteroatoms. The topological polar surface area (TPSA) is 84.2 Å². The molecule has 144 valence electrons. The summed E-state index contributed by atoms with van der Waals surface area (Å²) in [6.07, 6.45) is 4.40. The second-order valence-electron chi connectivity index (χ2n) is 6.98. The third-order valence-electron chi connectivity index (χ3n) is 4.75. The smallest absolute Gasteiger partial charge is 0.272 e. The number of rotatable bonds is 4. The Morgan fingerprint density at radius 1 is 1.00 bits per heavy atom. The fraction of sp³-hybridized carbons (Fsp3) is 0.333. The number of nitrogens with one attached hydrogen (secondary N) is 1. The zero-order chi connectivity index (χ0) is 19.3. The summed E-state index contributed by atoms with van der Waals surface area (Å²) in [5.74, 6) is 2.20. The molecule has 7 nitrogen and oxygen atoms in total. The molecule has 1 saturated heterocycles. The Balaban J connectivity index is 1.69. The van der Waals surface area contributed by atoms with Gasteiger partial charge in [0.25, 0.3) is 5.91 Å². The van der Waals surface area contributed by atoms with Crippen LogP contribution in [0.25, 0.3) is 11.4 Å². The first-order valence-corrected chi connectivity index (χ1v) is 9.63. The van der Waals surface area contributed by atoms with Gasteiger partial charge in [-0.15, -0.1) is 0 Å². The van der Waals surface area contributed by atoms with Crippen molar-refractivity contribution in [3.05, 3.63) is 53.9 Å². The minimum absolute atomic E-state index is 0.0548. The Kier molecular flexibility index (Phi) is 5.32. The predicted molar refractivity (Wildman–Crippen MR) is 106 cm³/mol. The average molecular weight is 377 g/mol. The molecule has 3 aromatic rings. The summed E-state index contributed by atoms with van der Waals surface area (Å²) in [5, 5.41) is 7.07. The third kappa shape index (κ3) is 4.19. The van der Waals surface area contributed by atoms with Crippen LogP contribution in [0, 0.1) is 6.92 Å². The number of hydrogen-bond donors (Lipinski definition) is 1. The molecule has 1 fully saturated rings. The average Bonchev–Trinajstić information content (AvgIpc) is 2.96. The number of carbonyl (C=O) groups is 1. The minimum atomic E-state index is -0.0548. The van der Waals surface area contributed by atoms with Gasteiger partial charge < -0.3 is 14.7 Å². The van der Waals surface area contributed by atoms with Crippen molar-refractivity contribution < 1.29 is 9.32 Å². The zero-order valence-corrected chi connectivity index (χ0v) is 15.9. The van der Waals surface area contributed by atoms with Crippen molar-refractivity contribution in [3.63, 3.8) is 0 Å². The van der Waals surface area contributed by atoms with Crippen LogP contribution in [0.3, 0.4) is 0 Å². The Morgan fingerprint density at radius 2 is 1.75 bits per heavy atom. The van der Waals surface area contributed by atoms with Gasteiger partial charge in [0.2, 0.25) is 0 Å². The van der Waals surface area contributed by atoms with Crippen LogP contribution in [0.2, 0.25) is 0 Å². The highest BCUT2D eigenvalue weighted by molar-refractivity contribution is 5.93. The van der Waals surface area contributed by atoms with Gasteiger partial charge in [-0.3, -0.25) is 4.79 Å². The first kappa shape index (κ1) is 18.2. The molecule has 3 heterocycles. The fourth-order valence-corrected chi connectivity index (χ4v) is 3.33. The van der Waals surface area contributed by atoms with Gasteiger partial charge in [0.15, 0.2) is 11.6 Å². The number of carbonyl (C=O) groups excluding carboxylic acids is 1. The van der Waals surface area contributed by atoms with Gasteiger partial charge in [-0.2, -0.15) is 0 Å². The van der Waals surface area contributed by atoms with Crippen LogP contribution in [0.4, 0.5) is 11.6 Å². The Hall–Kier alpha value is -3.22. The third-order valence-corrected chi connectivity index (χ3v) is 4.75. The maximum absolute atomic E-state index is 13.1. The second kappa shape index (κ2) is 8.21. The molecule has 0 bridgehead atoms. The van der Waals surface area contributed by atoms with E-state index < -0.39 is 0 Å². The van der Waals surface area contributed by atoms with Crippen LogP contribution in [0.1, 0.15) is 41.9 Å². The Bertz CT molecular complexity index is 946. The van der Waals surface area contributed by atoms with Gasteiger partial charge in [0.1, 0.15) is 17.3 Å². The first-order valence-electron chi connectivity index (χ1n) is 9.63. The highest BCUT2D eigenvalue weighted by Gasteiger charge is 2.21. The van der Waals surface area contributed by atoms with E-state index >= 15 is 0 Å². The standard InChI is InChI=1S/C21H23N5O2/c1-15-13-19(25-28-15)23-18-14-17(21(27)26-11-7-2-3-8-12-26)22-20(24-18)16-9-5-4-6-10-16/h4-6,9-10,13-14H,2-3,7-8,11-12H2,1H3,(H,22,23,24,25). The highest BCUT2D eigenvalue weighted by atomic mass is 16.5. The molecule has 0 radical (unpaired) electrons. The molecule has 0 saturated carbocycles. The van der Waals surface area contributed by atoms with Crippen molar-refractivity contribution in [1.29, 1.82) is 0 Å². The normalized spacial score (nSPS) is 14.5. The summed E-state index contributed by atoms with van der Waals surface area (Å²) in [6, 6.07) is 13.1. The lowest BCUT2D eigenvalue weighted by Crippen LogP contribution is -2.32. The van der Waals surface area contributed by atoms with Crippen LogP contribution in [0.5, 0.6) is 0 Å². The molecule has 1 aliphatic heterocycles. The number of aryl methyl sites for hydroxylation is 1. The molecule has 0 aliphatic carbocycles. The van der Waals surface area contributed by atoms with E-state index in [1.807, 2.05) is 42.2 Å². The van der Waals surface area contributed by atoms with Crippen LogP contribution in [-0.4, -0.2) is 39.0 Å². The molecular formula is C21H23N5O2. The minimum Gasteiger partial charge on any atom is -0.360 e. The number of benzene rings is 1. The summed E-state index contributed by atoms with van der Waals surface area (Å²) in [7, 11) is 0. The van der Waals surface area contributed by atoms with E-state index in [0.29, 0.717) is 28.9 Å². The summed E-state index contributed by atoms with van der Waals surface area (Å²) in [4.78, 5) is 24.2. The van der Waals surface area contributed by atoms with Crippen molar-refractivity contribution in [2.45, 2.75) is 32.6 Å². The Labute approximate surface area is 163 Å². The van der Waals surface area contributed by atoms with Gasteiger partial charge in [-0.25, -0.2) is 9.97 Å². The first-order chi connectivity index (χ1) is 13.7. The molecule has 1 aromatic carbocycles. The maximum atomic E-state index is 13.1. The van der Waals surface area contributed by atoms with Crippen molar-refractivity contribution in [3.8, 4) is 11.4 Å². The van der Waals surface area contributed by atoms with E-state index in [4.69, 9.17) is 4.52 Å².